The molecule has 0 spiro atoms. The highest BCUT2D eigenvalue weighted by Gasteiger charge is 2.16. The molecule has 4 nitrogen and oxygen atoms in total. The van der Waals surface area contributed by atoms with Crippen molar-refractivity contribution in [3.8, 4) is 11.4 Å². The second kappa shape index (κ2) is 4.56. The molecule has 6 heteroatoms. The molecule has 0 aliphatic heterocycles. The van der Waals surface area contributed by atoms with Gasteiger partial charge >= 0.3 is 0 Å². The standard InChI is InChI=1S/C12H11F2N3O/c1-7-2-3-8(11(14)10(7)13)12-16-4-5-17(12)6-9(15)18/h2-5H,6H2,1H3,(H2,15,18). The fraction of sp³-hybridized carbons (Fsp3) is 0.167. The molecule has 1 amide bonds. The third-order valence-electron chi connectivity index (χ3n) is 2.56. The molecule has 18 heavy (non-hydrogen) atoms. The van der Waals surface area contributed by atoms with Gasteiger partial charge in [0.15, 0.2) is 11.6 Å². The number of nitrogens with zero attached hydrogens (tertiary/aromatic N) is 2. The monoisotopic (exact) mass is 251 g/mol. The van der Waals surface area contributed by atoms with Crippen LogP contribution in [0, 0.1) is 18.6 Å². The van der Waals surface area contributed by atoms with Crippen molar-refractivity contribution in [1.29, 1.82) is 0 Å². The van der Waals surface area contributed by atoms with E-state index < -0.39 is 17.5 Å². The number of amides is 1. The van der Waals surface area contributed by atoms with Gasteiger partial charge in [0.05, 0.1) is 5.56 Å². The van der Waals surface area contributed by atoms with E-state index in [0.717, 1.165) is 0 Å². The molecule has 0 bridgehead atoms. The predicted octanol–water partition coefficient (Wildman–Crippen LogP) is 1.62. The van der Waals surface area contributed by atoms with E-state index in [1.807, 2.05) is 0 Å². The van der Waals surface area contributed by atoms with Crippen LogP contribution < -0.4 is 5.73 Å². The summed E-state index contributed by atoms with van der Waals surface area (Å²) in [6.45, 7) is 1.34. The van der Waals surface area contributed by atoms with E-state index in [2.05, 4.69) is 4.98 Å². The lowest BCUT2D eigenvalue weighted by Crippen LogP contribution is -2.19. The number of carbonyl (C=O) groups excluding carboxylic acids is 1. The molecular formula is C12H11F2N3O. The van der Waals surface area contributed by atoms with Gasteiger partial charge in [-0.05, 0) is 18.6 Å². The van der Waals surface area contributed by atoms with Gasteiger partial charge < -0.3 is 10.3 Å². The average Bonchev–Trinajstić information content (AvgIpc) is 2.73. The van der Waals surface area contributed by atoms with Crippen LogP contribution in [0.15, 0.2) is 24.5 Å². The second-order valence-electron chi connectivity index (χ2n) is 3.90. The number of hydrogen-bond acceptors (Lipinski definition) is 2. The van der Waals surface area contributed by atoms with Crippen LogP contribution >= 0.6 is 0 Å². The second-order valence-corrected chi connectivity index (χ2v) is 3.90. The minimum absolute atomic E-state index is 0.00403. The Morgan fingerprint density at radius 2 is 2.11 bits per heavy atom. The van der Waals surface area contributed by atoms with Gasteiger partial charge in [-0.2, -0.15) is 0 Å². The minimum Gasteiger partial charge on any atom is -0.368 e. The summed E-state index contributed by atoms with van der Waals surface area (Å²) in [6, 6.07) is 2.88. The Bertz CT molecular complexity index is 607. The maximum absolute atomic E-state index is 13.8. The highest BCUT2D eigenvalue weighted by atomic mass is 19.2. The summed E-state index contributed by atoms with van der Waals surface area (Å²) in [5.41, 5.74) is 5.28. The van der Waals surface area contributed by atoms with Gasteiger partial charge in [0.2, 0.25) is 5.91 Å². The molecule has 2 rings (SSSR count). The number of aryl methyl sites for hydroxylation is 1. The number of nitrogens with two attached hydrogens (primary N) is 1. The number of aromatic nitrogens is 2. The molecule has 94 valence electrons. The molecule has 0 fully saturated rings. The van der Waals surface area contributed by atoms with E-state index in [9.17, 15) is 13.6 Å². The Balaban J connectivity index is 2.53. The predicted molar refractivity (Wildman–Crippen MR) is 61.5 cm³/mol. The van der Waals surface area contributed by atoms with Crippen molar-refractivity contribution < 1.29 is 13.6 Å². The molecule has 0 aliphatic carbocycles. The molecule has 2 N–H and O–H groups in total. The van der Waals surface area contributed by atoms with E-state index in [0.29, 0.717) is 0 Å². The van der Waals surface area contributed by atoms with E-state index in [1.54, 1.807) is 0 Å². The van der Waals surface area contributed by atoms with Gasteiger partial charge in [0, 0.05) is 12.4 Å². The van der Waals surface area contributed by atoms with Gasteiger partial charge in [-0.25, -0.2) is 13.8 Å². The third-order valence-corrected chi connectivity index (χ3v) is 2.56. The SMILES string of the molecule is Cc1ccc(-c2nccn2CC(N)=O)c(F)c1F. The van der Waals surface area contributed by atoms with E-state index in [4.69, 9.17) is 5.73 Å². The molecule has 0 unspecified atom stereocenters. The largest absolute Gasteiger partial charge is 0.368 e. The lowest BCUT2D eigenvalue weighted by molar-refractivity contribution is -0.118. The Kier molecular flexibility index (Phi) is 3.10. The van der Waals surface area contributed by atoms with Crippen LogP contribution in [0.5, 0.6) is 0 Å². The first kappa shape index (κ1) is 12.2. The summed E-state index contributed by atoms with van der Waals surface area (Å²) in [5, 5.41) is 0. The highest BCUT2D eigenvalue weighted by molar-refractivity contribution is 5.74. The number of benzene rings is 1. The zero-order valence-corrected chi connectivity index (χ0v) is 9.65. The van der Waals surface area contributed by atoms with Crippen molar-refractivity contribution in [3.05, 3.63) is 41.7 Å². The smallest absolute Gasteiger partial charge is 0.237 e. The topological polar surface area (TPSA) is 60.9 Å². The van der Waals surface area contributed by atoms with Crippen molar-refractivity contribution >= 4 is 5.91 Å². The number of primary amides is 1. The maximum Gasteiger partial charge on any atom is 0.237 e. The van der Waals surface area contributed by atoms with Crippen LogP contribution in [0.1, 0.15) is 5.56 Å². The van der Waals surface area contributed by atoms with Crippen molar-refractivity contribution in [2.45, 2.75) is 13.5 Å². The van der Waals surface area contributed by atoms with Gasteiger partial charge in [-0.3, -0.25) is 4.79 Å². The van der Waals surface area contributed by atoms with Crippen molar-refractivity contribution in [2.24, 2.45) is 5.73 Å². The zero-order valence-electron chi connectivity index (χ0n) is 9.65. The first-order valence-corrected chi connectivity index (χ1v) is 5.25. The molecule has 0 saturated carbocycles. The fourth-order valence-electron chi connectivity index (χ4n) is 1.67. The van der Waals surface area contributed by atoms with Crippen LogP contribution in [-0.4, -0.2) is 15.5 Å². The van der Waals surface area contributed by atoms with Crippen LogP contribution in [-0.2, 0) is 11.3 Å². The number of imidazole rings is 1. The Labute approximate surface area is 102 Å². The summed E-state index contributed by atoms with van der Waals surface area (Å²) in [5.74, 6) is -2.31. The first-order valence-electron chi connectivity index (χ1n) is 5.25. The number of hydrogen-bond donors (Lipinski definition) is 1. The Morgan fingerprint density at radius 3 is 2.78 bits per heavy atom. The molecule has 1 aromatic heterocycles. The average molecular weight is 251 g/mol. The minimum atomic E-state index is -0.980. The van der Waals surface area contributed by atoms with Crippen molar-refractivity contribution in [1.82, 2.24) is 9.55 Å². The summed E-state index contributed by atoms with van der Waals surface area (Å²) in [6.07, 6.45) is 2.88. The normalized spacial score (nSPS) is 10.6. The summed E-state index contributed by atoms with van der Waals surface area (Å²) < 4.78 is 28.6. The van der Waals surface area contributed by atoms with Crippen molar-refractivity contribution in [3.63, 3.8) is 0 Å². The Morgan fingerprint density at radius 1 is 1.39 bits per heavy atom. The lowest BCUT2D eigenvalue weighted by atomic mass is 10.1. The summed E-state index contributed by atoms with van der Waals surface area (Å²) in [7, 11) is 0. The maximum atomic E-state index is 13.8. The fourth-order valence-corrected chi connectivity index (χ4v) is 1.67. The molecule has 2 aromatic rings. The van der Waals surface area contributed by atoms with Crippen LogP contribution in [0.25, 0.3) is 11.4 Å². The quantitative estimate of drug-likeness (QED) is 0.901. The number of carbonyl (C=O) groups is 1. The molecule has 0 atom stereocenters. The summed E-state index contributed by atoms with van der Waals surface area (Å²) in [4.78, 5) is 14.8. The van der Waals surface area contributed by atoms with E-state index in [1.165, 1.54) is 36.0 Å². The Hall–Kier alpha value is -2.24. The molecule has 1 heterocycles. The first-order chi connectivity index (χ1) is 8.50. The molecule has 0 saturated heterocycles. The van der Waals surface area contributed by atoms with Crippen LogP contribution in [0.3, 0.4) is 0 Å². The van der Waals surface area contributed by atoms with E-state index in [-0.39, 0.29) is 23.5 Å². The molecule has 0 aliphatic rings. The molecule has 1 aromatic carbocycles. The lowest BCUT2D eigenvalue weighted by Gasteiger charge is -2.08. The van der Waals surface area contributed by atoms with Gasteiger partial charge in [0.25, 0.3) is 0 Å². The van der Waals surface area contributed by atoms with Gasteiger partial charge in [0.1, 0.15) is 12.4 Å². The third kappa shape index (κ3) is 2.09. The number of halogens is 2. The molecular weight excluding hydrogens is 240 g/mol. The summed E-state index contributed by atoms with van der Waals surface area (Å²) >= 11 is 0. The van der Waals surface area contributed by atoms with E-state index >= 15 is 0 Å². The van der Waals surface area contributed by atoms with Gasteiger partial charge in [-0.15, -0.1) is 0 Å². The van der Waals surface area contributed by atoms with Crippen molar-refractivity contribution in [2.75, 3.05) is 0 Å². The molecule has 0 radical (unpaired) electrons. The van der Waals surface area contributed by atoms with Crippen LogP contribution in [0.2, 0.25) is 0 Å². The zero-order chi connectivity index (χ0) is 13.3. The highest BCUT2D eigenvalue weighted by Crippen LogP contribution is 2.24. The number of rotatable bonds is 3. The van der Waals surface area contributed by atoms with Crippen LogP contribution in [0.4, 0.5) is 8.78 Å². The van der Waals surface area contributed by atoms with Gasteiger partial charge in [-0.1, -0.05) is 6.07 Å².